The molecule has 1 aliphatic rings. The van der Waals surface area contributed by atoms with Crippen LogP contribution < -0.4 is 10.6 Å². The molecule has 2 rings (SSSR count). The van der Waals surface area contributed by atoms with Crippen LogP contribution in [0.15, 0.2) is 16.5 Å². The smallest absolute Gasteiger partial charge is 0.395 e. The minimum atomic E-state index is -0.684. The Morgan fingerprint density at radius 2 is 2.25 bits per heavy atom. The van der Waals surface area contributed by atoms with Crippen molar-refractivity contribution in [1.29, 1.82) is 0 Å². The number of hydrogen-bond acceptors (Lipinski definition) is 6. The number of piperidine rings is 1. The molecule has 0 saturated carbocycles. The standard InChI is InChI=1S/C12H17N3O5/c16-12(10-1-2-11(20-10)15(17)18)14-7-8-19-9-3-5-13-6-4-9/h1-2,9,13H,3-8H2,(H,14,16). The van der Waals surface area contributed by atoms with E-state index in [1.807, 2.05) is 0 Å². The number of nitrogens with one attached hydrogen (secondary N) is 2. The molecule has 1 amide bonds. The number of furan rings is 1. The Bertz CT molecular complexity index is 467. The van der Waals surface area contributed by atoms with Crippen LogP contribution in [0.3, 0.4) is 0 Å². The lowest BCUT2D eigenvalue weighted by atomic mass is 10.1. The molecule has 1 aromatic rings. The number of carbonyl (C=O) groups excluding carboxylic acids is 1. The first kappa shape index (κ1) is 14.5. The van der Waals surface area contributed by atoms with Gasteiger partial charge in [-0.25, -0.2) is 0 Å². The Morgan fingerprint density at radius 1 is 1.50 bits per heavy atom. The van der Waals surface area contributed by atoms with E-state index in [4.69, 9.17) is 9.15 Å². The summed E-state index contributed by atoms with van der Waals surface area (Å²) in [5.74, 6) is -0.994. The summed E-state index contributed by atoms with van der Waals surface area (Å²) in [5.41, 5.74) is 0. The van der Waals surface area contributed by atoms with Crippen LogP contribution in [0.25, 0.3) is 0 Å². The summed E-state index contributed by atoms with van der Waals surface area (Å²) in [7, 11) is 0. The summed E-state index contributed by atoms with van der Waals surface area (Å²) in [6, 6.07) is 2.43. The Kier molecular flexibility index (Phi) is 5.08. The molecular formula is C12H17N3O5. The first-order valence-corrected chi connectivity index (χ1v) is 6.51. The van der Waals surface area contributed by atoms with Crippen LogP contribution in [0, 0.1) is 10.1 Å². The predicted octanol–water partition coefficient (Wildman–Crippen LogP) is 0.686. The van der Waals surface area contributed by atoms with Gasteiger partial charge in [-0.05, 0) is 32.0 Å². The number of hydrogen-bond donors (Lipinski definition) is 2. The van der Waals surface area contributed by atoms with E-state index in [1.165, 1.54) is 6.07 Å². The molecule has 2 heterocycles. The molecule has 0 atom stereocenters. The topological polar surface area (TPSA) is 107 Å². The van der Waals surface area contributed by atoms with Crippen LogP contribution >= 0.6 is 0 Å². The first-order chi connectivity index (χ1) is 9.66. The van der Waals surface area contributed by atoms with Crippen LogP contribution in [0.5, 0.6) is 0 Å². The summed E-state index contributed by atoms with van der Waals surface area (Å²) in [4.78, 5) is 21.4. The molecule has 0 aromatic carbocycles. The van der Waals surface area contributed by atoms with Gasteiger partial charge >= 0.3 is 5.88 Å². The fraction of sp³-hybridized carbons (Fsp3) is 0.583. The van der Waals surface area contributed by atoms with Crippen molar-refractivity contribution in [3.8, 4) is 0 Å². The molecular weight excluding hydrogens is 266 g/mol. The molecule has 1 fully saturated rings. The summed E-state index contributed by atoms with van der Waals surface area (Å²) in [6.45, 7) is 2.66. The van der Waals surface area contributed by atoms with Gasteiger partial charge in [0, 0.05) is 6.54 Å². The molecule has 1 aliphatic heterocycles. The minimum absolute atomic E-state index is 0.0708. The zero-order valence-corrected chi connectivity index (χ0v) is 11.0. The molecule has 8 nitrogen and oxygen atoms in total. The lowest BCUT2D eigenvalue weighted by Crippen LogP contribution is -2.34. The third kappa shape index (κ3) is 4.04. The number of amides is 1. The molecule has 0 unspecified atom stereocenters. The average Bonchev–Trinajstić information content (AvgIpc) is 2.94. The molecule has 0 spiro atoms. The lowest BCUT2D eigenvalue weighted by Gasteiger charge is -2.22. The van der Waals surface area contributed by atoms with Gasteiger partial charge in [-0.2, -0.15) is 0 Å². The second kappa shape index (κ2) is 7.01. The predicted molar refractivity (Wildman–Crippen MR) is 69.5 cm³/mol. The molecule has 0 aliphatic carbocycles. The molecule has 0 radical (unpaired) electrons. The van der Waals surface area contributed by atoms with Crippen molar-refractivity contribution in [3.63, 3.8) is 0 Å². The number of carbonyl (C=O) groups is 1. The summed E-state index contributed by atoms with van der Waals surface area (Å²) < 4.78 is 10.4. The second-order valence-electron chi connectivity index (χ2n) is 4.47. The Morgan fingerprint density at radius 3 is 2.90 bits per heavy atom. The van der Waals surface area contributed by atoms with Crippen LogP contribution in [0.2, 0.25) is 0 Å². The first-order valence-electron chi connectivity index (χ1n) is 6.51. The lowest BCUT2D eigenvalue weighted by molar-refractivity contribution is -0.402. The highest BCUT2D eigenvalue weighted by molar-refractivity contribution is 5.91. The maximum Gasteiger partial charge on any atom is 0.433 e. The molecule has 20 heavy (non-hydrogen) atoms. The Hall–Kier alpha value is -1.93. The fourth-order valence-corrected chi connectivity index (χ4v) is 1.99. The summed E-state index contributed by atoms with van der Waals surface area (Å²) >= 11 is 0. The molecule has 2 N–H and O–H groups in total. The van der Waals surface area contributed by atoms with Crippen LogP contribution in [-0.2, 0) is 4.74 Å². The SMILES string of the molecule is O=C(NCCOC1CCNCC1)c1ccc([N+](=O)[O-])o1. The van der Waals surface area contributed by atoms with E-state index < -0.39 is 16.7 Å². The highest BCUT2D eigenvalue weighted by Gasteiger charge is 2.17. The maximum atomic E-state index is 11.6. The third-order valence-corrected chi connectivity index (χ3v) is 3.02. The van der Waals surface area contributed by atoms with E-state index >= 15 is 0 Å². The normalized spacial score (nSPS) is 16.0. The number of nitrogens with zero attached hydrogens (tertiary/aromatic N) is 1. The number of rotatable bonds is 6. The molecule has 1 aromatic heterocycles. The van der Waals surface area contributed by atoms with Gasteiger partial charge in [-0.3, -0.25) is 14.9 Å². The molecule has 110 valence electrons. The quantitative estimate of drug-likeness (QED) is 0.452. The fourth-order valence-electron chi connectivity index (χ4n) is 1.99. The van der Waals surface area contributed by atoms with Crippen molar-refractivity contribution in [1.82, 2.24) is 10.6 Å². The number of ether oxygens (including phenoxy) is 1. The summed E-state index contributed by atoms with van der Waals surface area (Å²) in [5, 5.41) is 16.3. The van der Waals surface area contributed by atoms with Crippen LogP contribution in [0.1, 0.15) is 23.4 Å². The number of nitro groups is 1. The van der Waals surface area contributed by atoms with Gasteiger partial charge in [0.25, 0.3) is 5.91 Å². The second-order valence-corrected chi connectivity index (χ2v) is 4.47. The maximum absolute atomic E-state index is 11.6. The van der Waals surface area contributed by atoms with E-state index in [0.29, 0.717) is 13.2 Å². The van der Waals surface area contributed by atoms with Crippen molar-refractivity contribution >= 4 is 11.8 Å². The van der Waals surface area contributed by atoms with Gasteiger partial charge in [0.05, 0.1) is 18.8 Å². The minimum Gasteiger partial charge on any atom is -0.395 e. The van der Waals surface area contributed by atoms with Crippen LogP contribution in [-0.4, -0.2) is 43.2 Å². The van der Waals surface area contributed by atoms with E-state index in [-0.39, 0.29) is 11.9 Å². The van der Waals surface area contributed by atoms with Crippen molar-refractivity contribution in [2.75, 3.05) is 26.2 Å². The van der Waals surface area contributed by atoms with Gasteiger partial charge in [0.15, 0.2) is 5.76 Å². The van der Waals surface area contributed by atoms with E-state index in [0.717, 1.165) is 32.0 Å². The zero-order valence-electron chi connectivity index (χ0n) is 11.0. The van der Waals surface area contributed by atoms with E-state index in [2.05, 4.69) is 10.6 Å². The molecule has 0 bridgehead atoms. The van der Waals surface area contributed by atoms with Crippen molar-refractivity contribution in [2.45, 2.75) is 18.9 Å². The van der Waals surface area contributed by atoms with Crippen molar-refractivity contribution in [3.05, 3.63) is 28.0 Å². The van der Waals surface area contributed by atoms with Crippen molar-refractivity contribution in [2.24, 2.45) is 0 Å². The average molecular weight is 283 g/mol. The third-order valence-electron chi connectivity index (χ3n) is 3.02. The Balaban J connectivity index is 1.67. The molecule has 8 heteroatoms. The van der Waals surface area contributed by atoms with Gasteiger partial charge in [-0.15, -0.1) is 0 Å². The van der Waals surface area contributed by atoms with Gasteiger partial charge in [-0.1, -0.05) is 0 Å². The van der Waals surface area contributed by atoms with Crippen LogP contribution in [0.4, 0.5) is 5.88 Å². The highest BCUT2D eigenvalue weighted by atomic mass is 16.6. The van der Waals surface area contributed by atoms with Gasteiger partial charge < -0.3 is 19.8 Å². The van der Waals surface area contributed by atoms with Gasteiger partial charge in [0.2, 0.25) is 0 Å². The van der Waals surface area contributed by atoms with Gasteiger partial charge in [0.1, 0.15) is 4.92 Å². The largest absolute Gasteiger partial charge is 0.433 e. The van der Waals surface area contributed by atoms with E-state index in [1.54, 1.807) is 0 Å². The Labute approximate surface area is 115 Å². The zero-order chi connectivity index (χ0) is 14.4. The molecule has 1 saturated heterocycles. The van der Waals surface area contributed by atoms with Crippen molar-refractivity contribution < 1.29 is 18.9 Å². The monoisotopic (exact) mass is 283 g/mol. The highest BCUT2D eigenvalue weighted by Crippen LogP contribution is 2.15. The van der Waals surface area contributed by atoms with E-state index in [9.17, 15) is 14.9 Å². The summed E-state index contributed by atoms with van der Waals surface area (Å²) in [6.07, 6.45) is 2.18.